The van der Waals surface area contributed by atoms with Crippen molar-refractivity contribution < 1.29 is 8.83 Å². The molecule has 0 aliphatic carbocycles. The highest BCUT2D eigenvalue weighted by atomic mass is 16.3. The molecule has 0 unspecified atom stereocenters. The Morgan fingerprint density at radius 2 is 0.375 bits per heavy atom. The van der Waals surface area contributed by atoms with Gasteiger partial charge >= 0.3 is 0 Å². The fourth-order valence-corrected chi connectivity index (χ4v) is 19.8. The van der Waals surface area contributed by atoms with Crippen LogP contribution in [0.25, 0.3) is 163 Å². The maximum atomic E-state index is 6.50. The van der Waals surface area contributed by atoms with E-state index < -0.39 is 0 Å². The third kappa shape index (κ3) is 13.0. The lowest BCUT2D eigenvalue weighted by molar-refractivity contribution is 0.668. The zero-order valence-corrected chi connectivity index (χ0v) is 69.8. The van der Waals surface area contributed by atoms with Crippen LogP contribution in [-0.4, -0.2) is 0 Å². The highest BCUT2D eigenvalue weighted by Crippen LogP contribution is 2.52. The number of nitrogens with zero attached hydrogens (tertiary/aromatic N) is 4. The smallest absolute Gasteiger partial charge is 0.137 e. The molecular formula is C122H80N4O2. The summed E-state index contributed by atoms with van der Waals surface area (Å²) in [6.07, 6.45) is 0. The van der Waals surface area contributed by atoms with Crippen LogP contribution in [0.5, 0.6) is 0 Å². The monoisotopic (exact) mass is 1630 g/mol. The van der Waals surface area contributed by atoms with E-state index in [1.165, 1.54) is 108 Å². The average molecular weight is 1630 g/mol. The van der Waals surface area contributed by atoms with Crippen molar-refractivity contribution in [1.29, 1.82) is 0 Å². The van der Waals surface area contributed by atoms with E-state index in [2.05, 4.69) is 481 Å². The maximum Gasteiger partial charge on any atom is 0.137 e. The number of para-hydroxylation sites is 8. The quantitative estimate of drug-likeness (QED) is 0.0953. The standard InChI is InChI=1S/C64H42N2O.C58H38N2O/c1-4-18-43(19-5-1)50-24-12-15-29-60(50)65(46-22-8-3-9-23-46)47-33-37-52-45(40-47)32-36-58-54-38-34-48(41-59(54)53-26-10-11-28-57(53)64(52)58)66(61-30-16-13-25-51(61)44-20-6-2-7-21-44)49-35-39-56-55-27-14-17-31-62(55)67-63(56)42-49;1-4-16-39(17-5-1)46-22-12-14-26-55(46)60(42-20-8-3-9-21-42)43-29-33-47-40(36-43)28-32-53-49-34-30-44(37-54(49)48-23-10-11-25-52(48)58(47)53)59(41-18-6-2-7-19-41)45-31-35-51-50-24-13-15-27-56(50)61-57(51)38-45/h1-42H;1-38H. The van der Waals surface area contributed by atoms with E-state index in [1.807, 2.05) is 24.3 Å². The largest absolute Gasteiger partial charge is 0.456 e. The van der Waals surface area contributed by atoms with Gasteiger partial charge in [0.2, 0.25) is 0 Å². The number of furan rings is 2. The molecule has 0 saturated carbocycles. The molecule has 0 atom stereocenters. The van der Waals surface area contributed by atoms with Crippen LogP contribution in [0.1, 0.15) is 0 Å². The van der Waals surface area contributed by atoms with Crippen molar-refractivity contribution >= 4 is 198 Å². The van der Waals surface area contributed by atoms with Gasteiger partial charge in [0.15, 0.2) is 0 Å². The molecule has 6 nitrogen and oxygen atoms in total. The fraction of sp³-hybridized carbons (Fsp3) is 0. The number of hydrogen-bond acceptors (Lipinski definition) is 6. The maximum absolute atomic E-state index is 6.50. The van der Waals surface area contributed by atoms with Gasteiger partial charge in [-0.3, -0.25) is 0 Å². The molecule has 0 radical (unpaired) electrons. The Balaban J connectivity index is 0.000000143. The van der Waals surface area contributed by atoms with Crippen LogP contribution < -0.4 is 19.6 Å². The van der Waals surface area contributed by atoms with Gasteiger partial charge in [-0.2, -0.15) is 0 Å². The van der Waals surface area contributed by atoms with E-state index in [4.69, 9.17) is 8.83 Å². The van der Waals surface area contributed by atoms with Crippen molar-refractivity contribution in [2.45, 2.75) is 0 Å². The first-order valence-electron chi connectivity index (χ1n) is 43.8. The van der Waals surface area contributed by atoms with Crippen LogP contribution >= 0.6 is 0 Å². The number of fused-ring (bicyclic) bond motifs is 22. The Morgan fingerprint density at radius 3 is 0.766 bits per heavy atom. The van der Waals surface area contributed by atoms with Crippen LogP contribution in [0, 0.1) is 0 Å². The van der Waals surface area contributed by atoms with Crippen LogP contribution in [0.2, 0.25) is 0 Å². The van der Waals surface area contributed by atoms with Gasteiger partial charge in [-0.1, -0.05) is 334 Å². The van der Waals surface area contributed by atoms with Gasteiger partial charge < -0.3 is 28.4 Å². The summed E-state index contributed by atoms with van der Waals surface area (Å²) in [7, 11) is 0. The zero-order chi connectivity index (χ0) is 84.5. The highest BCUT2D eigenvalue weighted by Gasteiger charge is 2.26. The molecule has 0 aliphatic heterocycles. The Morgan fingerprint density at radius 1 is 0.133 bits per heavy atom. The Bertz CT molecular complexity index is 8550. The van der Waals surface area contributed by atoms with Crippen molar-refractivity contribution in [1.82, 2.24) is 0 Å². The van der Waals surface area contributed by atoms with E-state index in [1.54, 1.807) is 0 Å². The van der Waals surface area contributed by atoms with Crippen molar-refractivity contribution in [2.24, 2.45) is 0 Å². The summed E-state index contributed by atoms with van der Waals surface area (Å²) in [5.41, 5.74) is 23.7. The first kappa shape index (κ1) is 74.7. The van der Waals surface area contributed by atoms with E-state index in [0.717, 1.165) is 123 Å². The molecule has 25 rings (SSSR count). The fourth-order valence-electron chi connectivity index (χ4n) is 19.8. The van der Waals surface area contributed by atoms with Gasteiger partial charge in [-0.15, -0.1) is 0 Å². The minimum Gasteiger partial charge on any atom is -0.456 e. The average Bonchev–Trinajstić information content (AvgIpc) is 0.982. The molecule has 0 N–H and O–H groups in total. The zero-order valence-electron chi connectivity index (χ0n) is 69.8. The molecule has 0 amide bonds. The predicted octanol–water partition coefficient (Wildman–Crippen LogP) is 35.3. The lowest BCUT2D eigenvalue weighted by atomic mass is 9.90. The highest BCUT2D eigenvalue weighted by molar-refractivity contribution is 6.34. The first-order valence-corrected chi connectivity index (χ1v) is 43.8. The number of rotatable bonds is 15. The molecule has 2 heterocycles. The second kappa shape index (κ2) is 31.7. The van der Waals surface area contributed by atoms with Gasteiger partial charge in [0.05, 0.1) is 17.1 Å². The summed E-state index contributed by atoms with van der Waals surface area (Å²) in [6.45, 7) is 0. The molecule has 6 heteroatoms. The van der Waals surface area contributed by atoms with Crippen LogP contribution in [0.4, 0.5) is 68.2 Å². The lowest BCUT2D eigenvalue weighted by Crippen LogP contribution is -2.11. The van der Waals surface area contributed by atoms with Crippen molar-refractivity contribution in [3.05, 3.63) is 485 Å². The lowest BCUT2D eigenvalue weighted by Gasteiger charge is -2.28. The van der Waals surface area contributed by atoms with Crippen LogP contribution in [0.15, 0.2) is 494 Å². The second-order valence-corrected chi connectivity index (χ2v) is 32.9. The SMILES string of the molecule is c1ccc(-c2ccccc2N(c2ccccc2)c2ccc3c(ccc4c5ccc(N(c6ccc7c(c6)oc6ccccc67)c6ccccc6-c6ccccc6)cc5c5ccccc5c34)c2)cc1.c1ccc(-c2ccccc2N(c2ccccc2)c2ccc3c(ccc4c5ccc(N(c6ccccc6)c6ccc7c(c6)oc6ccccc67)cc5c5ccccc5c34)c2)cc1. The number of anilines is 12. The van der Waals surface area contributed by atoms with Crippen molar-refractivity contribution in [3.63, 3.8) is 0 Å². The molecule has 0 saturated heterocycles. The van der Waals surface area contributed by atoms with E-state index >= 15 is 0 Å². The Hall–Kier alpha value is -17.1. The topological polar surface area (TPSA) is 39.2 Å². The Labute approximate surface area is 740 Å². The summed E-state index contributed by atoms with van der Waals surface area (Å²) in [5.74, 6) is 0. The molecule has 2 aromatic heterocycles. The summed E-state index contributed by atoms with van der Waals surface area (Å²) in [5, 5.41) is 24.1. The van der Waals surface area contributed by atoms with Gasteiger partial charge in [0.25, 0.3) is 0 Å². The third-order valence-electron chi connectivity index (χ3n) is 25.6. The van der Waals surface area contributed by atoms with Crippen LogP contribution in [-0.2, 0) is 0 Å². The molecule has 0 fully saturated rings. The minimum atomic E-state index is 0.862. The molecule has 0 spiro atoms. The molecule has 25 aromatic rings. The molecule has 600 valence electrons. The predicted molar refractivity (Wildman–Crippen MR) is 543 cm³/mol. The number of hydrogen-bond donors (Lipinski definition) is 0. The molecule has 0 bridgehead atoms. The first-order chi connectivity index (χ1) is 63.5. The summed E-state index contributed by atoms with van der Waals surface area (Å²) >= 11 is 0. The summed E-state index contributed by atoms with van der Waals surface area (Å²) in [6, 6.07) is 175. The van der Waals surface area contributed by atoms with E-state index in [-0.39, 0.29) is 0 Å². The summed E-state index contributed by atoms with van der Waals surface area (Å²) in [4.78, 5) is 9.50. The minimum absolute atomic E-state index is 0.862. The van der Waals surface area contributed by atoms with Gasteiger partial charge in [-0.05, 0) is 242 Å². The molecule has 128 heavy (non-hydrogen) atoms. The second-order valence-electron chi connectivity index (χ2n) is 32.9. The Kier molecular flexibility index (Phi) is 18.5. The van der Waals surface area contributed by atoms with Crippen molar-refractivity contribution in [2.75, 3.05) is 19.6 Å². The van der Waals surface area contributed by atoms with E-state index in [0.29, 0.717) is 0 Å². The third-order valence-corrected chi connectivity index (χ3v) is 25.6. The number of benzene rings is 23. The molecule has 23 aromatic carbocycles. The van der Waals surface area contributed by atoms with Gasteiger partial charge in [0.1, 0.15) is 22.3 Å². The van der Waals surface area contributed by atoms with Gasteiger partial charge in [-0.25, -0.2) is 0 Å². The summed E-state index contributed by atoms with van der Waals surface area (Å²) < 4.78 is 12.9. The van der Waals surface area contributed by atoms with Crippen molar-refractivity contribution in [3.8, 4) is 33.4 Å². The molecule has 0 aliphatic rings. The van der Waals surface area contributed by atoms with Gasteiger partial charge in [0, 0.05) is 102 Å². The normalized spacial score (nSPS) is 11.6. The molecular weight excluding hydrogens is 1550 g/mol. The van der Waals surface area contributed by atoms with Crippen LogP contribution in [0.3, 0.4) is 0 Å². The van der Waals surface area contributed by atoms with E-state index in [9.17, 15) is 0 Å².